The topological polar surface area (TPSA) is 51.0 Å². The summed E-state index contributed by atoms with van der Waals surface area (Å²) in [4.78, 5) is 8.94. The average Bonchev–Trinajstić information content (AvgIpc) is 2.80. The number of furan rings is 1. The quantitative estimate of drug-likeness (QED) is 0.863. The van der Waals surface area contributed by atoms with Gasteiger partial charge in [-0.25, -0.2) is 9.97 Å². The highest BCUT2D eigenvalue weighted by atomic mass is 16.3. The van der Waals surface area contributed by atoms with Crippen LogP contribution in [0.5, 0.6) is 0 Å². The molecular weight excluding hydrogens is 214 g/mol. The van der Waals surface area contributed by atoms with Gasteiger partial charge in [-0.2, -0.15) is 0 Å². The van der Waals surface area contributed by atoms with Crippen molar-refractivity contribution in [2.24, 2.45) is 0 Å². The Morgan fingerprint density at radius 1 is 1.24 bits per heavy atom. The molecular formula is C13H17N3O. The molecule has 4 heteroatoms. The van der Waals surface area contributed by atoms with E-state index < -0.39 is 0 Å². The van der Waals surface area contributed by atoms with Gasteiger partial charge in [0.25, 0.3) is 0 Å². The summed E-state index contributed by atoms with van der Waals surface area (Å²) in [5, 5.41) is 3.05. The fourth-order valence-corrected chi connectivity index (χ4v) is 1.48. The molecule has 0 atom stereocenters. The van der Waals surface area contributed by atoms with E-state index in [1.807, 2.05) is 25.2 Å². The van der Waals surface area contributed by atoms with Crippen molar-refractivity contribution in [1.29, 1.82) is 0 Å². The number of anilines is 1. The third-order valence-electron chi connectivity index (χ3n) is 2.49. The largest absolute Gasteiger partial charge is 0.461 e. The van der Waals surface area contributed by atoms with Gasteiger partial charge in [0.15, 0.2) is 11.6 Å². The van der Waals surface area contributed by atoms with E-state index in [0.717, 1.165) is 11.5 Å². The van der Waals surface area contributed by atoms with Gasteiger partial charge in [-0.1, -0.05) is 20.8 Å². The molecule has 1 N–H and O–H groups in total. The van der Waals surface area contributed by atoms with Crippen LogP contribution in [0.15, 0.2) is 28.9 Å². The molecule has 0 aliphatic heterocycles. The van der Waals surface area contributed by atoms with Crippen molar-refractivity contribution in [2.45, 2.75) is 26.2 Å². The maximum Gasteiger partial charge on any atom is 0.197 e. The molecule has 0 aliphatic rings. The molecule has 2 rings (SSSR count). The molecule has 0 bridgehead atoms. The molecule has 0 spiro atoms. The second-order valence-corrected chi connectivity index (χ2v) is 4.94. The molecule has 0 aromatic carbocycles. The first-order valence-electron chi connectivity index (χ1n) is 5.62. The summed E-state index contributed by atoms with van der Waals surface area (Å²) in [6.07, 6.45) is 1.63. The highest BCUT2D eigenvalue weighted by Crippen LogP contribution is 2.25. The predicted molar refractivity (Wildman–Crippen MR) is 68.0 cm³/mol. The summed E-state index contributed by atoms with van der Waals surface area (Å²) in [7, 11) is 1.85. The SMILES string of the molecule is CNc1cc(C(C)(C)C)nc(-c2ccco2)n1. The maximum absolute atomic E-state index is 5.33. The van der Waals surface area contributed by atoms with Gasteiger partial charge in [0, 0.05) is 18.5 Å². The Kier molecular flexibility index (Phi) is 2.88. The summed E-state index contributed by atoms with van der Waals surface area (Å²) >= 11 is 0. The van der Waals surface area contributed by atoms with E-state index in [-0.39, 0.29) is 5.41 Å². The molecule has 90 valence electrons. The lowest BCUT2D eigenvalue weighted by molar-refractivity contribution is 0.557. The Hall–Kier alpha value is -1.84. The summed E-state index contributed by atoms with van der Waals surface area (Å²) in [5.74, 6) is 2.11. The smallest absolute Gasteiger partial charge is 0.197 e. The van der Waals surface area contributed by atoms with E-state index in [1.165, 1.54) is 0 Å². The van der Waals surface area contributed by atoms with Crippen LogP contribution in [0.4, 0.5) is 5.82 Å². The van der Waals surface area contributed by atoms with Gasteiger partial charge >= 0.3 is 0 Å². The van der Waals surface area contributed by atoms with Crippen molar-refractivity contribution < 1.29 is 4.42 Å². The van der Waals surface area contributed by atoms with Crippen LogP contribution in [-0.4, -0.2) is 17.0 Å². The standard InChI is InChI=1S/C13H17N3O/c1-13(2,3)10-8-11(14-4)16-12(15-10)9-6-5-7-17-9/h5-8H,1-4H3,(H,14,15,16). The van der Waals surface area contributed by atoms with E-state index in [0.29, 0.717) is 11.6 Å². The minimum absolute atomic E-state index is 0.0180. The van der Waals surface area contributed by atoms with Crippen molar-refractivity contribution in [1.82, 2.24) is 9.97 Å². The zero-order valence-electron chi connectivity index (χ0n) is 10.6. The fourth-order valence-electron chi connectivity index (χ4n) is 1.48. The van der Waals surface area contributed by atoms with Gasteiger partial charge in [0.05, 0.1) is 12.0 Å². The second-order valence-electron chi connectivity index (χ2n) is 4.94. The van der Waals surface area contributed by atoms with E-state index >= 15 is 0 Å². The maximum atomic E-state index is 5.33. The third-order valence-corrected chi connectivity index (χ3v) is 2.49. The van der Waals surface area contributed by atoms with Gasteiger partial charge in [-0.15, -0.1) is 0 Å². The normalized spacial score (nSPS) is 11.5. The van der Waals surface area contributed by atoms with Crippen LogP contribution in [0.25, 0.3) is 11.6 Å². The first-order valence-corrected chi connectivity index (χ1v) is 5.62. The molecule has 2 aromatic heterocycles. The number of aromatic nitrogens is 2. The first kappa shape index (κ1) is 11.6. The van der Waals surface area contributed by atoms with Crippen LogP contribution in [-0.2, 0) is 5.41 Å². The Bertz CT molecular complexity index is 498. The summed E-state index contributed by atoms with van der Waals surface area (Å²) < 4.78 is 5.33. The Labute approximate surface area is 101 Å². The molecule has 0 amide bonds. The Balaban J connectivity index is 2.54. The zero-order chi connectivity index (χ0) is 12.5. The van der Waals surface area contributed by atoms with Crippen LogP contribution in [0, 0.1) is 0 Å². The van der Waals surface area contributed by atoms with E-state index in [2.05, 4.69) is 36.1 Å². The molecule has 0 fully saturated rings. The molecule has 0 aliphatic carbocycles. The number of hydrogen-bond acceptors (Lipinski definition) is 4. The fraction of sp³-hybridized carbons (Fsp3) is 0.385. The minimum Gasteiger partial charge on any atom is -0.461 e. The van der Waals surface area contributed by atoms with Crippen molar-refractivity contribution in [2.75, 3.05) is 12.4 Å². The van der Waals surface area contributed by atoms with E-state index in [4.69, 9.17) is 4.42 Å². The molecule has 0 radical (unpaired) electrons. The van der Waals surface area contributed by atoms with E-state index in [9.17, 15) is 0 Å². The van der Waals surface area contributed by atoms with Crippen LogP contribution in [0.2, 0.25) is 0 Å². The third kappa shape index (κ3) is 2.46. The van der Waals surface area contributed by atoms with E-state index in [1.54, 1.807) is 6.26 Å². The number of rotatable bonds is 2. The van der Waals surface area contributed by atoms with Crippen molar-refractivity contribution in [3.63, 3.8) is 0 Å². The van der Waals surface area contributed by atoms with Crippen LogP contribution < -0.4 is 5.32 Å². The summed E-state index contributed by atoms with van der Waals surface area (Å²) in [6.45, 7) is 6.38. The monoisotopic (exact) mass is 231 g/mol. The van der Waals surface area contributed by atoms with Gasteiger partial charge in [0.1, 0.15) is 5.82 Å². The molecule has 2 aromatic rings. The van der Waals surface area contributed by atoms with Crippen molar-refractivity contribution in [3.05, 3.63) is 30.2 Å². The van der Waals surface area contributed by atoms with Gasteiger partial charge in [0.2, 0.25) is 0 Å². The zero-order valence-corrected chi connectivity index (χ0v) is 10.6. The molecule has 0 saturated carbocycles. The molecule has 2 heterocycles. The minimum atomic E-state index is -0.0180. The second kappa shape index (κ2) is 4.20. The number of nitrogens with zero attached hydrogens (tertiary/aromatic N) is 2. The Morgan fingerprint density at radius 2 is 2.00 bits per heavy atom. The molecule has 4 nitrogen and oxygen atoms in total. The molecule has 0 unspecified atom stereocenters. The highest BCUT2D eigenvalue weighted by Gasteiger charge is 2.18. The van der Waals surface area contributed by atoms with Gasteiger partial charge in [-0.05, 0) is 12.1 Å². The van der Waals surface area contributed by atoms with Crippen LogP contribution in [0.3, 0.4) is 0 Å². The lowest BCUT2D eigenvalue weighted by Crippen LogP contribution is -2.15. The molecule has 17 heavy (non-hydrogen) atoms. The lowest BCUT2D eigenvalue weighted by Gasteiger charge is -2.18. The Morgan fingerprint density at radius 3 is 2.53 bits per heavy atom. The lowest BCUT2D eigenvalue weighted by atomic mass is 9.92. The van der Waals surface area contributed by atoms with Crippen molar-refractivity contribution in [3.8, 4) is 11.6 Å². The van der Waals surface area contributed by atoms with Crippen molar-refractivity contribution >= 4 is 5.82 Å². The molecule has 0 saturated heterocycles. The predicted octanol–water partition coefficient (Wildman–Crippen LogP) is 3.08. The van der Waals surface area contributed by atoms with Gasteiger partial charge < -0.3 is 9.73 Å². The van der Waals surface area contributed by atoms with Crippen LogP contribution >= 0.6 is 0 Å². The summed E-state index contributed by atoms with van der Waals surface area (Å²) in [6, 6.07) is 5.66. The van der Waals surface area contributed by atoms with Gasteiger partial charge in [-0.3, -0.25) is 0 Å². The highest BCUT2D eigenvalue weighted by molar-refractivity contribution is 5.51. The average molecular weight is 231 g/mol. The van der Waals surface area contributed by atoms with Crippen LogP contribution in [0.1, 0.15) is 26.5 Å². The summed E-state index contributed by atoms with van der Waals surface area (Å²) in [5.41, 5.74) is 0.971. The number of nitrogens with one attached hydrogen (secondary N) is 1. The number of hydrogen-bond donors (Lipinski definition) is 1. The first-order chi connectivity index (χ1) is 8.00.